The van der Waals surface area contributed by atoms with Gasteiger partial charge in [0.1, 0.15) is 5.69 Å². The van der Waals surface area contributed by atoms with Gasteiger partial charge in [0.05, 0.1) is 0 Å². The minimum Gasteiger partial charge on any atom is -0.350 e. The number of anilines is 1. The molecule has 4 aromatic rings. The first kappa shape index (κ1) is 23.2. The van der Waals surface area contributed by atoms with Crippen LogP contribution in [0.4, 0.5) is 5.69 Å². The Morgan fingerprint density at radius 3 is 2.50 bits per heavy atom. The van der Waals surface area contributed by atoms with Crippen LogP contribution in [-0.2, 0) is 17.8 Å². The Morgan fingerprint density at radius 2 is 1.76 bits per heavy atom. The molecule has 0 aliphatic rings. The van der Waals surface area contributed by atoms with Crippen molar-refractivity contribution in [3.8, 4) is 0 Å². The summed E-state index contributed by atoms with van der Waals surface area (Å²) < 4.78 is 2.03. The normalized spacial score (nSPS) is 11.0. The molecule has 2 aromatic carbocycles. The number of nitrogens with zero attached hydrogens (tertiary/aromatic N) is 2. The monoisotopic (exact) mass is 454 g/mol. The first-order valence-electron chi connectivity index (χ1n) is 11.6. The van der Waals surface area contributed by atoms with Crippen molar-refractivity contribution in [2.45, 2.75) is 33.2 Å². The van der Waals surface area contributed by atoms with Crippen molar-refractivity contribution in [3.05, 3.63) is 95.9 Å². The Morgan fingerprint density at radius 1 is 0.971 bits per heavy atom. The fourth-order valence-corrected chi connectivity index (χ4v) is 4.00. The number of rotatable bonds is 9. The van der Waals surface area contributed by atoms with Gasteiger partial charge in [-0.05, 0) is 47.9 Å². The molecule has 2 amide bonds. The Kier molecular flexibility index (Phi) is 7.38. The number of carbonyl (C=O) groups excluding carboxylic acids is 2. The summed E-state index contributed by atoms with van der Waals surface area (Å²) in [6, 6.07) is 23.5. The molecule has 0 unspecified atom stereocenters. The van der Waals surface area contributed by atoms with Crippen LogP contribution < -0.4 is 10.6 Å². The summed E-state index contributed by atoms with van der Waals surface area (Å²) in [6.45, 7) is 5.11. The molecular formula is C28H30N4O2. The highest BCUT2D eigenvalue weighted by Gasteiger charge is 2.17. The maximum absolute atomic E-state index is 13.2. The number of fused-ring (bicyclic) bond motifs is 1. The molecule has 0 fully saturated rings. The zero-order valence-electron chi connectivity index (χ0n) is 19.6. The van der Waals surface area contributed by atoms with Crippen molar-refractivity contribution >= 4 is 28.4 Å². The third kappa shape index (κ3) is 5.90. The topological polar surface area (TPSA) is 76.0 Å². The van der Waals surface area contributed by atoms with Crippen molar-refractivity contribution < 1.29 is 9.59 Å². The van der Waals surface area contributed by atoms with Crippen LogP contribution in [0.1, 0.15) is 42.0 Å². The van der Waals surface area contributed by atoms with Crippen LogP contribution in [0, 0.1) is 5.92 Å². The molecule has 0 atom stereocenters. The van der Waals surface area contributed by atoms with E-state index in [1.165, 1.54) is 0 Å². The van der Waals surface area contributed by atoms with E-state index in [-0.39, 0.29) is 17.7 Å². The van der Waals surface area contributed by atoms with Crippen molar-refractivity contribution in [1.82, 2.24) is 14.9 Å². The molecule has 34 heavy (non-hydrogen) atoms. The molecule has 0 saturated carbocycles. The number of hydrogen-bond acceptors (Lipinski definition) is 3. The zero-order chi connectivity index (χ0) is 23.9. The van der Waals surface area contributed by atoms with E-state index >= 15 is 0 Å². The zero-order valence-corrected chi connectivity index (χ0v) is 19.6. The standard InChI is InChI=1S/C28H30N4O2/c1-20(2)16-27(33)31-24-11-12-25-22(17-24)18-26(32(25)19-21-8-4-3-5-9-21)28(34)30-15-13-23-10-6-7-14-29-23/h3-12,14,17-18,20H,13,15-16,19H2,1-2H3,(H,30,34)(H,31,33). The maximum atomic E-state index is 13.2. The van der Waals surface area contributed by atoms with Crippen LogP contribution in [0.3, 0.4) is 0 Å². The van der Waals surface area contributed by atoms with Crippen LogP contribution in [0.5, 0.6) is 0 Å². The second kappa shape index (κ2) is 10.8. The van der Waals surface area contributed by atoms with Crippen LogP contribution in [0.25, 0.3) is 10.9 Å². The van der Waals surface area contributed by atoms with E-state index in [1.807, 2.05) is 79.1 Å². The van der Waals surface area contributed by atoms with E-state index in [1.54, 1.807) is 6.20 Å². The lowest BCUT2D eigenvalue weighted by Gasteiger charge is -2.12. The van der Waals surface area contributed by atoms with Gasteiger partial charge in [-0.15, -0.1) is 0 Å². The number of amides is 2. The molecule has 0 radical (unpaired) electrons. The predicted molar refractivity (Wildman–Crippen MR) is 136 cm³/mol. The summed E-state index contributed by atoms with van der Waals surface area (Å²) in [6.07, 6.45) is 2.89. The summed E-state index contributed by atoms with van der Waals surface area (Å²) in [4.78, 5) is 29.7. The number of nitrogens with one attached hydrogen (secondary N) is 2. The second-order valence-corrected chi connectivity index (χ2v) is 8.85. The molecule has 6 heteroatoms. The van der Waals surface area contributed by atoms with E-state index in [0.717, 1.165) is 27.8 Å². The van der Waals surface area contributed by atoms with Crippen molar-refractivity contribution in [1.29, 1.82) is 0 Å². The fourth-order valence-electron chi connectivity index (χ4n) is 4.00. The summed E-state index contributed by atoms with van der Waals surface area (Å²) in [5.74, 6) is 0.149. The molecule has 6 nitrogen and oxygen atoms in total. The predicted octanol–water partition coefficient (Wildman–Crippen LogP) is 5.04. The molecule has 0 aliphatic heterocycles. The SMILES string of the molecule is CC(C)CC(=O)Nc1ccc2c(c1)cc(C(=O)NCCc1ccccn1)n2Cc1ccccc1. The number of pyridine rings is 1. The van der Waals surface area contributed by atoms with Gasteiger partial charge >= 0.3 is 0 Å². The van der Waals surface area contributed by atoms with Gasteiger partial charge in [-0.3, -0.25) is 14.6 Å². The first-order valence-corrected chi connectivity index (χ1v) is 11.6. The van der Waals surface area contributed by atoms with Crippen LogP contribution in [0.2, 0.25) is 0 Å². The van der Waals surface area contributed by atoms with Gasteiger partial charge in [0.2, 0.25) is 5.91 Å². The van der Waals surface area contributed by atoms with E-state index in [2.05, 4.69) is 27.8 Å². The Hall–Kier alpha value is -3.93. The van der Waals surface area contributed by atoms with Gasteiger partial charge in [0, 0.05) is 54.4 Å². The third-order valence-electron chi connectivity index (χ3n) is 5.59. The molecule has 174 valence electrons. The number of benzene rings is 2. The lowest BCUT2D eigenvalue weighted by Crippen LogP contribution is -2.28. The van der Waals surface area contributed by atoms with E-state index in [9.17, 15) is 9.59 Å². The van der Waals surface area contributed by atoms with Crippen LogP contribution >= 0.6 is 0 Å². The Labute approximate surface area is 200 Å². The Bertz CT molecular complexity index is 1260. The lowest BCUT2D eigenvalue weighted by atomic mass is 10.1. The van der Waals surface area contributed by atoms with Crippen LogP contribution in [0.15, 0.2) is 79.0 Å². The molecule has 4 rings (SSSR count). The quantitative estimate of drug-likeness (QED) is 0.372. The van der Waals surface area contributed by atoms with Gasteiger partial charge in [0.25, 0.3) is 5.91 Å². The summed E-state index contributed by atoms with van der Waals surface area (Å²) in [5, 5.41) is 6.91. The van der Waals surface area contributed by atoms with Gasteiger partial charge in [-0.1, -0.05) is 50.2 Å². The number of carbonyl (C=O) groups is 2. The maximum Gasteiger partial charge on any atom is 0.267 e. The summed E-state index contributed by atoms with van der Waals surface area (Å²) in [7, 11) is 0. The van der Waals surface area contributed by atoms with Gasteiger partial charge < -0.3 is 15.2 Å². The molecule has 2 N–H and O–H groups in total. The van der Waals surface area contributed by atoms with E-state index in [4.69, 9.17) is 0 Å². The summed E-state index contributed by atoms with van der Waals surface area (Å²) >= 11 is 0. The molecule has 2 aromatic heterocycles. The minimum atomic E-state index is -0.131. The van der Waals surface area contributed by atoms with Crippen molar-refractivity contribution in [2.24, 2.45) is 5.92 Å². The van der Waals surface area contributed by atoms with Crippen molar-refractivity contribution in [2.75, 3.05) is 11.9 Å². The fraction of sp³-hybridized carbons (Fsp3) is 0.250. The Balaban J connectivity index is 1.59. The van der Waals surface area contributed by atoms with Gasteiger partial charge in [0.15, 0.2) is 0 Å². The molecule has 0 bridgehead atoms. The van der Waals surface area contributed by atoms with Crippen LogP contribution in [-0.4, -0.2) is 27.9 Å². The highest BCUT2D eigenvalue weighted by molar-refractivity contribution is 6.00. The number of hydrogen-bond donors (Lipinski definition) is 2. The third-order valence-corrected chi connectivity index (χ3v) is 5.59. The average Bonchev–Trinajstić information content (AvgIpc) is 3.17. The minimum absolute atomic E-state index is 0.00874. The number of aromatic nitrogens is 2. The molecule has 0 spiro atoms. The second-order valence-electron chi connectivity index (χ2n) is 8.85. The van der Waals surface area contributed by atoms with Gasteiger partial charge in [-0.2, -0.15) is 0 Å². The highest BCUT2D eigenvalue weighted by atomic mass is 16.2. The summed E-state index contributed by atoms with van der Waals surface area (Å²) in [5.41, 5.74) is 4.31. The molecular weight excluding hydrogens is 424 g/mol. The first-order chi connectivity index (χ1) is 16.5. The van der Waals surface area contributed by atoms with Crippen molar-refractivity contribution in [3.63, 3.8) is 0 Å². The molecule has 0 saturated heterocycles. The van der Waals surface area contributed by atoms with E-state index in [0.29, 0.717) is 31.6 Å². The molecule has 0 aliphatic carbocycles. The lowest BCUT2D eigenvalue weighted by molar-refractivity contribution is -0.116. The average molecular weight is 455 g/mol. The highest BCUT2D eigenvalue weighted by Crippen LogP contribution is 2.25. The largest absolute Gasteiger partial charge is 0.350 e. The molecule has 2 heterocycles. The van der Waals surface area contributed by atoms with E-state index < -0.39 is 0 Å². The van der Waals surface area contributed by atoms with Gasteiger partial charge in [-0.25, -0.2) is 0 Å². The smallest absolute Gasteiger partial charge is 0.267 e.